The van der Waals surface area contributed by atoms with Crippen LogP contribution in [-0.4, -0.2) is 5.91 Å². The van der Waals surface area contributed by atoms with Crippen LogP contribution in [0.4, 0.5) is 0 Å². The zero-order valence-electron chi connectivity index (χ0n) is 10.5. The molecule has 0 saturated carbocycles. The van der Waals surface area contributed by atoms with E-state index in [9.17, 15) is 4.79 Å². The smallest absolute Gasteiger partial charge is 0.269 e. The summed E-state index contributed by atoms with van der Waals surface area (Å²) in [6, 6.07) is 15.2. The Hall–Kier alpha value is -1.65. The van der Waals surface area contributed by atoms with Gasteiger partial charge in [0.15, 0.2) is 0 Å². The van der Waals surface area contributed by atoms with Crippen LogP contribution in [-0.2, 0) is 11.4 Å². The van der Waals surface area contributed by atoms with Crippen LogP contribution in [0.3, 0.4) is 0 Å². The number of hydroxylamine groups is 1. The third kappa shape index (κ3) is 3.91. The van der Waals surface area contributed by atoms with Crippen molar-refractivity contribution in [2.75, 3.05) is 0 Å². The molecule has 98 valence electrons. The highest BCUT2D eigenvalue weighted by molar-refractivity contribution is 9.10. The summed E-state index contributed by atoms with van der Waals surface area (Å²) in [6.45, 7) is 2.23. The highest BCUT2D eigenvalue weighted by Gasteiger charge is 2.09. The number of rotatable bonds is 4. The third-order valence-electron chi connectivity index (χ3n) is 2.69. The lowest BCUT2D eigenvalue weighted by Crippen LogP contribution is -2.24. The van der Waals surface area contributed by atoms with Crippen molar-refractivity contribution in [2.45, 2.75) is 13.5 Å². The fourth-order valence-electron chi connectivity index (χ4n) is 1.65. The Bertz CT molecular complexity index is 570. The molecule has 0 fully saturated rings. The zero-order valence-corrected chi connectivity index (χ0v) is 12.1. The van der Waals surface area contributed by atoms with Crippen LogP contribution in [0.1, 0.15) is 21.5 Å². The predicted octanol–water partition coefficient (Wildman–Crippen LogP) is 3.62. The Kier molecular flexibility index (Phi) is 4.71. The monoisotopic (exact) mass is 319 g/mol. The van der Waals surface area contributed by atoms with Crippen molar-refractivity contribution < 1.29 is 9.63 Å². The van der Waals surface area contributed by atoms with E-state index in [1.807, 2.05) is 49.4 Å². The van der Waals surface area contributed by atoms with Gasteiger partial charge in [0.05, 0.1) is 6.61 Å². The number of halogens is 1. The Morgan fingerprint density at radius 2 is 1.95 bits per heavy atom. The van der Waals surface area contributed by atoms with Gasteiger partial charge >= 0.3 is 0 Å². The average Bonchev–Trinajstić information content (AvgIpc) is 2.42. The van der Waals surface area contributed by atoms with Gasteiger partial charge < -0.3 is 0 Å². The van der Waals surface area contributed by atoms with Crippen LogP contribution in [0.25, 0.3) is 0 Å². The maximum absolute atomic E-state index is 12.0. The maximum Gasteiger partial charge on any atom is 0.275 e. The van der Waals surface area contributed by atoms with E-state index >= 15 is 0 Å². The molecule has 4 heteroatoms. The van der Waals surface area contributed by atoms with E-state index in [4.69, 9.17) is 4.84 Å². The number of aryl methyl sites for hydroxylation is 1. The second kappa shape index (κ2) is 6.50. The van der Waals surface area contributed by atoms with Crippen molar-refractivity contribution in [3.05, 3.63) is 69.7 Å². The van der Waals surface area contributed by atoms with E-state index in [0.717, 1.165) is 15.6 Å². The van der Waals surface area contributed by atoms with Gasteiger partial charge in [-0.1, -0.05) is 52.3 Å². The van der Waals surface area contributed by atoms with Crippen molar-refractivity contribution in [1.82, 2.24) is 5.48 Å². The van der Waals surface area contributed by atoms with Gasteiger partial charge in [-0.05, 0) is 30.2 Å². The Morgan fingerprint density at radius 3 is 2.68 bits per heavy atom. The number of hydrogen-bond acceptors (Lipinski definition) is 2. The van der Waals surface area contributed by atoms with E-state index < -0.39 is 0 Å². The van der Waals surface area contributed by atoms with E-state index in [-0.39, 0.29) is 5.91 Å². The highest BCUT2D eigenvalue weighted by atomic mass is 79.9. The van der Waals surface area contributed by atoms with Crippen LogP contribution in [0, 0.1) is 6.92 Å². The van der Waals surface area contributed by atoms with Crippen molar-refractivity contribution in [3.8, 4) is 0 Å². The maximum atomic E-state index is 12.0. The summed E-state index contributed by atoms with van der Waals surface area (Å²) in [5, 5.41) is 0. The Labute approximate surface area is 120 Å². The largest absolute Gasteiger partial charge is 0.275 e. The predicted molar refractivity (Wildman–Crippen MR) is 77.6 cm³/mol. The first-order chi connectivity index (χ1) is 9.16. The molecular formula is C15H14BrNO2. The van der Waals surface area contributed by atoms with Crippen LogP contribution < -0.4 is 5.48 Å². The third-order valence-corrected chi connectivity index (χ3v) is 3.18. The molecule has 0 aliphatic heterocycles. The van der Waals surface area contributed by atoms with Crippen LogP contribution in [0.15, 0.2) is 53.0 Å². The first kappa shape index (κ1) is 13.8. The quantitative estimate of drug-likeness (QED) is 0.874. The number of carbonyl (C=O) groups excluding carboxylic acids is 1. The van der Waals surface area contributed by atoms with E-state index in [1.165, 1.54) is 0 Å². The van der Waals surface area contributed by atoms with Gasteiger partial charge in [-0.15, -0.1) is 0 Å². The lowest BCUT2D eigenvalue weighted by molar-refractivity contribution is 0.0233. The summed E-state index contributed by atoms with van der Waals surface area (Å²) in [5.74, 6) is -0.241. The second-order valence-corrected chi connectivity index (χ2v) is 5.08. The van der Waals surface area contributed by atoms with E-state index in [2.05, 4.69) is 21.4 Å². The molecular weight excluding hydrogens is 306 g/mol. The number of carbonyl (C=O) groups is 1. The first-order valence-electron chi connectivity index (χ1n) is 5.89. The Balaban J connectivity index is 1.93. The Morgan fingerprint density at radius 1 is 1.21 bits per heavy atom. The topological polar surface area (TPSA) is 38.3 Å². The summed E-state index contributed by atoms with van der Waals surface area (Å²) < 4.78 is 0.867. The molecule has 0 aliphatic carbocycles. The standard InChI is InChI=1S/C15H14BrNO2/c1-11-7-8-13(16)9-14(11)15(18)17-19-10-12-5-3-2-4-6-12/h2-9H,10H2,1H3,(H,17,18). The van der Waals surface area contributed by atoms with Gasteiger partial charge in [-0.25, -0.2) is 5.48 Å². The number of amides is 1. The molecule has 0 radical (unpaired) electrons. The summed E-state index contributed by atoms with van der Waals surface area (Å²) in [5.41, 5.74) is 4.97. The molecule has 0 aliphatic rings. The zero-order chi connectivity index (χ0) is 13.7. The molecule has 1 N–H and O–H groups in total. The molecule has 0 heterocycles. The van der Waals surface area contributed by atoms with Crippen molar-refractivity contribution in [1.29, 1.82) is 0 Å². The lowest BCUT2D eigenvalue weighted by atomic mass is 10.1. The van der Waals surface area contributed by atoms with Gasteiger partial charge in [0.25, 0.3) is 5.91 Å². The lowest BCUT2D eigenvalue weighted by Gasteiger charge is -2.08. The molecule has 0 saturated heterocycles. The van der Waals surface area contributed by atoms with Gasteiger partial charge in [-0.2, -0.15) is 0 Å². The summed E-state index contributed by atoms with van der Waals surface area (Å²) in [7, 11) is 0. The normalized spacial score (nSPS) is 10.2. The van der Waals surface area contributed by atoms with E-state index in [1.54, 1.807) is 6.07 Å². The fraction of sp³-hybridized carbons (Fsp3) is 0.133. The summed E-state index contributed by atoms with van der Waals surface area (Å²) in [6.07, 6.45) is 0. The second-order valence-electron chi connectivity index (χ2n) is 4.16. The van der Waals surface area contributed by atoms with Gasteiger partial charge in [0, 0.05) is 10.0 Å². The molecule has 2 aromatic rings. The molecule has 3 nitrogen and oxygen atoms in total. The molecule has 2 rings (SSSR count). The van der Waals surface area contributed by atoms with Crippen molar-refractivity contribution in [2.24, 2.45) is 0 Å². The summed E-state index contributed by atoms with van der Waals surface area (Å²) >= 11 is 3.35. The van der Waals surface area contributed by atoms with Gasteiger partial charge in [0.2, 0.25) is 0 Å². The molecule has 19 heavy (non-hydrogen) atoms. The number of nitrogens with one attached hydrogen (secondary N) is 1. The highest BCUT2D eigenvalue weighted by Crippen LogP contribution is 2.15. The van der Waals surface area contributed by atoms with Gasteiger partial charge in [-0.3, -0.25) is 9.63 Å². The number of benzene rings is 2. The SMILES string of the molecule is Cc1ccc(Br)cc1C(=O)NOCc1ccccc1. The van der Waals surface area contributed by atoms with Gasteiger partial charge in [0.1, 0.15) is 0 Å². The van der Waals surface area contributed by atoms with Crippen LogP contribution in [0.2, 0.25) is 0 Å². The van der Waals surface area contributed by atoms with E-state index in [0.29, 0.717) is 12.2 Å². The fourth-order valence-corrected chi connectivity index (χ4v) is 2.01. The average molecular weight is 320 g/mol. The minimum absolute atomic E-state index is 0.241. The minimum atomic E-state index is -0.241. The molecule has 0 unspecified atom stereocenters. The van der Waals surface area contributed by atoms with Crippen LogP contribution >= 0.6 is 15.9 Å². The molecule has 2 aromatic carbocycles. The summed E-state index contributed by atoms with van der Waals surface area (Å²) in [4.78, 5) is 17.2. The molecule has 0 atom stereocenters. The number of hydrogen-bond donors (Lipinski definition) is 1. The molecule has 0 spiro atoms. The minimum Gasteiger partial charge on any atom is -0.269 e. The van der Waals surface area contributed by atoms with Crippen molar-refractivity contribution >= 4 is 21.8 Å². The first-order valence-corrected chi connectivity index (χ1v) is 6.68. The van der Waals surface area contributed by atoms with Crippen molar-refractivity contribution in [3.63, 3.8) is 0 Å². The molecule has 1 amide bonds. The molecule has 0 bridgehead atoms. The molecule has 0 aromatic heterocycles. The van der Waals surface area contributed by atoms with Crippen LogP contribution in [0.5, 0.6) is 0 Å².